The van der Waals surface area contributed by atoms with Crippen LogP contribution in [0.4, 0.5) is 0 Å². The number of carbonyl (C=O) groups is 1. The summed E-state index contributed by atoms with van der Waals surface area (Å²) < 4.78 is 5.61. The molecule has 7 nitrogen and oxygen atoms in total. The number of likely N-dealkylation sites (tertiary alicyclic amines) is 1. The van der Waals surface area contributed by atoms with Crippen LogP contribution in [-0.2, 0) is 11.3 Å². The molecular weight excluding hydrogens is 390 g/mol. The number of aliphatic imine (C=N–C) groups is 1. The van der Waals surface area contributed by atoms with Crippen LogP contribution in [0, 0.1) is 0 Å². The van der Waals surface area contributed by atoms with E-state index in [2.05, 4.69) is 31.9 Å². The minimum Gasteiger partial charge on any atom is -0.496 e. The van der Waals surface area contributed by atoms with Gasteiger partial charge >= 0.3 is 0 Å². The van der Waals surface area contributed by atoms with Gasteiger partial charge in [-0.25, -0.2) is 0 Å². The van der Waals surface area contributed by atoms with Gasteiger partial charge in [0.25, 0.3) is 0 Å². The summed E-state index contributed by atoms with van der Waals surface area (Å²) in [5, 5.41) is 9.42. The molecule has 2 aromatic carbocycles. The summed E-state index contributed by atoms with van der Waals surface area (Å²) in [4.78, 5) is 19.0. The van der Waals surface area contributed by atoms with Gasteiger partial charge in [-0.1, -0.05) is 48.5 Å². The van der Waals surface area contributed by atoms with Crippen molar-refractivity contribution in [1.82, 2.24) is 20.9 Å². The van der Waals surface area contributed by atoms with Gasteiger partial charge in [-0.2, -0.15) is 0 Å². The monoisotopic (exact) mass is 423 g/mol. The maximum Gasteiger partial charge on any atom is 0.239 e. The molecule has 1 atom stereocenters. The molecule has 3 N–H and O–H groups in total. The van der Waals surface area contributed by atoms with Gasteiger partial charge in [0.05, 0.1) is 19.7 Å². The zero-order valence-electron chi connectivity index (χ0n) is 18.4. The van der Waals surface area contributed by atoms with E-state index >= 15 is 0 Å². The lowest BCUT2D eigenvalue weighted by Crippen LogP contribution is -2.45. The van der Waals surface area contributed by atoms with Crippen molar-refractivity contribution in [1.29, 1.82) is 0 Å². The third kappa shape index (κ3) is 6.72. The number of hydrogen-bond donors (Lipinski definition) is 3. The first kappa shape index (κ1) is 22.6. The van der Waals surface area contributed by atoms with E-state index in [1.165, 1.54) is 12.8 Å². The Morgan fingerprint density at radius 2 is 1.74 bits per heavy atom. The number of nitrogens with zero attached hydrogens (tertiary/aromatic N) is 2. The van der Waals surface area contributed by atoms with Crippen LogP contribution in [0.5, 0.6) is 5.75 Å². The molecule has 166 valence electrons. The molecule has 2 aromatic rings. The van der Waals surface area contributed by atoms with E-state index in [0.29, 0.717) is 19.0 Å². The summed E-state index contributed by atoms with van der Waals surface area (Å²) in [5.74, 6) is 1.42. The largest absolute Gasteiger partial charge is 0.496 e. The van der Waals surface area contributed by atoms with Crippen LogP contribution in [-0.4, -0.2) is 57.1 Å². The molecule has 1 aliphatic rings. The van der Waals surface area contributed by atoms with E-state index in [1.54, 1.807) is 14.2 Å². The lowest BCUT2D eigenvalue weighted by molar-refractivity contribution is -0.120. The van der Waals surface area contributed by atoms with Gasteiger partial charge in [-0.05, 0) is 37.6 Å². The van der Waals surface area contributed by atoms with Gasteiger partial charge in [-0.15, -0.1) is 0 Å². The zero-order valence-corrected chi connectivity index (χ0v) is 18.4. The molecular formula is C24H33N5O2. The smallest absolute Gasteiger partial charge is 0.239 e. The Bertz CT molecular complexity index is 850. The lowest BCUT2D eigenvalue weighted by Gasteiger charge is -2.30. The first-order valence-corrected chi connectivity index (χ1v) is 10.8. The first-order valence-electron chi connectivity index (χ1n) is 10.8. The highest BCUT2D eigenvalue weighted by Gasteiger charge is 2.26. The molecule has 1 unspecified atom stereocenters. The summed E-state index contributed by atoms with van der Waals surface area (Å²) in [7, 11) is 3.42. The van der Waals surface area contributed by atoms with Crippen molar-refractivity contribution in [2.45, 2.75) is 25.4 Å². The molecule has 1 aliphatic heterocycles. The first-order chi connectivity index (χ1) is 15.2. The molecule has 0 radical (unpaired) electrons. The van der Waals surface area contributed by atoms with E-state index in [0.717, 1.165) is 30.0 Å². The minimum absolute atomic E-state index is 0.0763. The molecule has 31 heavy (non-hydrogen) atoms. The van der Waals surface area contributed by atoms with Crippen LogP contribution in [0.1, 0.15) is 30.0 Å². The number of benzene rings is 2. The topological polar surface area (TPSA) is 78.0 Å². The lowest BCUT2D eigenvalue weighted by atomic mass is 10.0. The third-order valence-electron chi connectivity index (χ3n) is 5.51. The van der Waals surface area contributed by atoms with Crippen LogP contribution in [0.15, 0.2) is 59.6 Å². The highest BCUT2D eigenvalue weighted by molar-refractivity contribution is 5.86. The molecule has 1 saturated heterocycles. The van der Waals surface area contributed by atoms with Crippen molar-refractivity contribution in [3.63, 3.8) is 0 Å². The Morgan fingerprint density at radius 1 is 1.03 bits per heavy atom. The Hall–Kier alpha value is -3.06. The number of guanidine groups is 1. The highest BCUT2D eigenvalue weighted by Crippen LogP contribution is 2.31. The summed E-state index contributed by atoms with van der Waals surface area (Å²) in [6, 6.07) is 18.2. The summed E-state index contributed by atoms with van der Waals surface area (Å²) >= 11 is 0. The van der Waals surface area contributed by atoms with E-state index in [9.17, 15) is 4.79 Å². The number of nitrogens with one attached hydrogen (secondary N) is 3. The quantitative estimate of drug-likeness (QED) is 0.426. The zero-order chi connectivity index (χ0) is 21.9. The number of ether oxygens (including phenoxy) is 1. The highest BCUT2D eigenvalue weighted by atomic mass is 16.5. The third-order valence-corrected chi connectivity index (χ3v) is 5.51. The normalized spacial score (nSPS) is 15.4. The number of hydrogen-bond acceptors (Lipinski definition) is 4. The van der Waals surface area contributed by atoms with Crippen molar-refractivity contribution >= 4 is 11.9 Å². The number of rotatable bonds is 9. The van der Waals surface area contributed by atoms with Crippen LogP contribution in [0.2, 0.25) is 0 Å². The van der Waals surface area contributed by atoms with Gasteiger partial charge in [0.15, 0.2) is 5.96 Å². The summed E-state index contributed by atoms with van der Waals surface area (Å²) in [5.41, 5.74) is 2.24. The Kier molecular flexibility index (Phi) is 8.72. The standard InChI is InChI=1S/C24H33N5O2/c1-25-24(28-18-23(30)26-16-19-10-4-3-5-11-19)27-17-21(29-14-8-9-15-29)20-12-6-7-13-22(20)31-2/h3-7,10-13,21H,8-9,14-18H2,1-2H3,(H,26,30)(H2,25,27,28). The average Bonchev–Trinajstić information content (AvgIpc) is 3.35. The Labute approximate surface area is 184 Å². The van der Waals surface area contributed by atoms with Crippen LogP contribution < -0.4 is 20.7 Å². The molecule has 1 fully saturated rings. The predicted octanol–water partition coefficient (Wildman–Crippen LogP) is 2.31. The second kappa shape index (κ2) is 12.0. The summed E-state index contributed by atoms with van der Waals surface area (Å²) in [6.45, 7) is 3.48. The van der Waals surface area contributed by atoms with Crippen LogP contribution in [0.25, 0.3) is 0 Å². The van der Waals surface area contributed by atoms with Crippen LogP contribution >= 0.6 is 0 Å². The molecule has 0 aliphatic carbocycles. The van der Waals surface area contributed by atoms with E-state index in [-0.39, 0.29) is 18.5 Å². The van der Waals surface area contributed by atoms with Crippen molar-refractivity contribution < 1.29 is 9.53 Å². The molecule has 0 aromatic heterocycles. The van der Waals surface area contributed by atoms with Gasteiger partial charge < -0.3 is 20.7 Å². The van der Waals surface area contributed by atoms with Crippen molar-refractivity contribution in [3.05, 3.63) is 65.7 Å². The van der Waals surface area contributed by atoms with E-state index < -0.39 is 0 Å². The maximum absolute atomic E-state index is 12.2. The molecule has 1 amide bonds. The SMILES string of the molecule is CN=C(NCC(=O)NCc1ccccc1)NCC(c1ccccc1OC)N1CCCC1. The number of methoxy groups -OCH3 is 1. The van der Waals surface area contributed by atoms with Gasteiger partial charge in [0.1, 0.15) is 5.75 Å². The molecule has 0 saturated carbocycles. The second-order valence-electron chi connectivity index (χ2n) is 7.57. The Morgan fingerprint density at radius 3 is 2.45 bits per heavy atom. The Balaban J connectivity index is 1.53. The van der Waals surface area contributed by atoms with Crippen molar-refractivity contribution in [2.75, 3.05) is 40.3 Å². The fourth-order valence-electron chi connectivity index (χ4n) is 3.87. The molecule has 0 bridgehead atoms. The van der Waals surface area contributed by atoms with Crippen molar-refractivity contribution in [2.24, 2.45) is 4.99 Å². The number of carbonyl (C=O) groups excluding carboxylic acids is 1. The summed E-state index contributed by atoms with van der Waals surface area (Å²) in [6.07, 6.45) is 2.42. The molecule has 3 rings (SSSR count). The number of amides is 1. The van der Waals surface area contributed by atoms with Gasteiger partial charge in [-0.3, -0.25) is 14.7 Å². The molecule has 0 spiro atoms. The van der Waals surface area contributed by atoms with Crippen molar-refractivity contribution in [3.8, 4) is 5.75 Å². The maximum atomic E-state index is 12.2. The van der Waals surface area contributed by atoms with E-state index in [1.807, 2.05) is 48.5 Å². The van der Waals surface area contributed by atoms with Gasteiger partial charge in [0, 0.05) is 25.7 Å². The van der Waals surface area contributed by atoms with Gasteiger partial charge in [0.2, 0.25) is 5.91 Å². The van der Waals surface area contributed by atoms with Crippen LogP contribution in [0.3, 0.4) is 0 Å². The fraction of sp³-hybridized carbons (Fsp3) is 0.417. The minimum atomic E-state index is -0.0763. The molecule has 1 heterocycles. The van der Waals surface area contributed by atoms with E-state index in [4.69, 9.17) is 4.74 Å². The second-order valence-corrected chi connectivity index (χ2v) is 7.57. The fourth-order valence-corrected chi connectivity index (χ4v) is 3.87. The predicted molar refractivity (Wildman–Crippen MR) is 124 cm³/mol. The number of para-hydroxylation sites is 1. The average molecular weight is 424 g/mol. The molecule has 7 heteroatoms.